The third-order valence-electron chi connectivity index (χ3n) is 8.47. The molecule has 0 N–H and O–H groups in total. The van der Waals surface area contributed by atoms with Gasteiger partial charge in [-0.3, -0.25) is 0 Å². The van der Waals surface area contributed by atoms with Crippen molar-refractivity contribution >= 4 is 65.2 Å². The molecule has 7 aromatic carbocycles. The van der Waals surface area contributed by atoms with E-state index in [1.54, 1.807) is 0 Å². The molecule has 0 aliphatic heterocycles. The van der Waals surface area contributed by atoms with Gasteiger partial charge in [0.15, 0.2) is 0 Å². The van der Waals surface area contributed by atoms with Crippen LogP contribution in [0.5, 0.6) is 0 Å². The van der Waals surface area contributed by atoms with Crippen LogP contribution in [0.25, 0.3) is 76.5 Å². The van der Waals surface area contributed by atoms with E-state index in [4.69, 9.17) is 0 Å². The van der Waals surface area contributed by atoms with Crippen molar-refractivity contribution in [3.63, 3.8) is 0 Å². The molecule has 0 aliphatic rings. The first-order chi connectivity index (χ1) is 19.9. The highest BCUT2D eigenvalue weighted by atomic mass is 15.0. The average molecular weight is 509 g/mol. The molecule has 9 rings (SSSR count). The Morgan fingerprint density at radius 3 is 1.23 bits per heavy atom. The van der Waals surface area contributed by atoms with Gasteiger partial charge in [0.25, 0.3) is 0 Å². The van der Waals surface area contributed by atoms with Gasteiger partial charge in [-0.1, -0.05) is 103 Å². The molecule has 0 spiro atoms. The first-order valence-electron chi connectivity index (χ1n) is 13.8. The lowest BCUT2D eigenvalue weighted by molar-refractivity contribution is 1.13. The highest BCUT2D eigenvalue weighted by molar-refractivity contribution is 6.22. The van der Waals surface area contributed by atoms with Crippen LogP contribution < -0.4 is 0 Å². The van der Waals surface area contributed by atoms with Crippen LogP contribution in [0.1, 0.15) is 0 Å². The Labute approximate surface area is 230 Å². The summed E-state index contributed by atoms with van der Waals surface area (Å²) >= 11 is 0. The molecule has 2 aromatic heterocycles. The largest absolute Gasteiger partial charge is 0.309 e. The molecule has 0 bridgehead atoms. The zero-order valence-corrected chi connectivity index (χ0v) is 21.8. The van der Waals surface area contributed by atoms with Gasteiger partial charge in [0.1, 0.15) is 0 Å². The Balaban J connectivity index is 1.37. The highest BCUT2D eigenvalue weighted by Gasteiger charge is 2.17. The second-order valence-corrected chi connectivity index (χ2v) is 10.6. The number of para-hydroxylation sites is 2. The predicted octanol–water partition coefficient (Wildman–Crippen LogP) is 10.2. The van der Waals surface area contributed by atoms with Crippen molar-refractivity contribution in [3.8, 4) is 11.4 Å². The van der Waals surface area contributed by atoms with E-state index in [1.165, 1.54) is 65.2 Å². The van der Waals surface area contributed by atoms with E-state index >= 15 is 0 Å². The summed E-state index contributed by atoms with van der Waals surface area (Å²) in [4.78, 5) is 0. The van der Waals surface area contributed by atoms with Gasteiger partial charge >= 0.3 is 0 Å². The van der Waals surface area contributed by atoms with Crippen LogP contribution in [0, 0.1) is 0 Å². The van der Waals surface area contributed by atoms with Crippen molar-refractivity contribution in [2.75, 3.05) is 0 Å². The second-order valence-electron chi connectivity index (χ2n) is 10.6. The molecule has 2 heteroatoms. The fourth-order valence-corrected chi connectivity index (χ4v) is 6.81. The quantitative estimate of drug-likeness (QED) is 0.220. The SMILES string of the molecule is c1cc(-n2c3ccccc3c3c4ccccc4ccc32)cc(-n2c3ccccc3c3c4ccccc4ccc32)c1. The summed E-state index contributed by atoms with van der Waals surface area (Å²) in [7, 11) is 0. The third-order valence-corrected chi connectivity index (χ3v) is 8.47. The minimum Gasteiger partial charge on any atom is -0.309 e. The Bertz CT molecular complexity index is 2270. The Morgan fingerprint density at radius 1 is 0.300 bits per heavy atom. The van der Waals surface area contributed by atoms with Gasteiger partial charge in [-0.25, -0.2) is 0 Å². The van der Waals surface area contributed by atoms with E-state index in [-0.39, 0.29) is 0 Å². The number of hydrogen-bond donors (Lipinski definition) is 0. The van der Waals surface area contributed by atoms with E-state index in [1.807, 2.05) is 0 Å². The smallest absolute Gasteiger partial charge is 0.0547 e. The van der Waals surface area contributed by atoms with E-state index in [0.717, 1.165) is 11.4 Å². The van der Waals surface area contributed by atoms with E-state index in [0.29, 0.717) is 0 Å². The molecule has 0 radical (unpaired) electrons. The molecule has 0 aliphatic carbocycles. The zero-order chi connectivity index (χ0) is 26.2. The number of fused-ring (bicyclic) bond motifs is 10. The Hall–Kier alpha value is -5.34. The van der Waals surface area contributed by atoms with Crippen LogP contribution in [0.2, 0.25) is 0 Å². The maximum absolute atomic E-state index is 2.42. The molecule has 0 saturated heterocycles. The van der Waals surface area contributed by atoms with Gasteiger partial charge in [0, 0.05) is 32.9 Å². The molecule has 9 aromatic rings. The molecule has 0 amide bonds. The summed E-state index contributed by atoms with van der Waals surface area (Å²) in [5.74, 6) is 0. The zero-order valence-electron chi connectivity index (χ0n) is 21.8. The summed E-state index contributed by atoms with van der Waals surface area (Å²) in [6.07, 6.45) is 0. The lowest BCUT2D eigenvalue weighted by atomic mass is 10.0. The van der Waals surface area contributed by atoms with Gasteiger partial charge in [0.05, 0.1) is 22.1 Å². The normalized spacial score (nSPS) is 12.0. The molecule has 2 heterocycles. The lowest BCUT2D eigenvalue weighted by Gasteiger charge is -2.13. The van der Waals surface area contributed by atoms with Crippen molar-refractivity contribution in [1.82, 2.24) is 9.13 Å². The molecule has 40 heavy (non-hydrogen) atoms. The summed E-state index contributed by atoms with van der Waals surface area (Å²) in [6.45, 7) is 0. The minimum atomic E-state index is 1.16. The maximum atomic E-state index is 2.42. The van der Waals surface area contributed by atoms with Crippen molar-refractivity contribution in [2.24, 2.45) is 0 Å². The van der Waals surface area contributed by atoms with Crippen LogP contribution in [-0.4, -0.2) is 9.13 Å². The van der Waals surface area contributed by atoms with Crippen LogP contribution in [0.15, 0.2) is 146 Å². The average Bonchev–Trinajstić information content (AvgIpc) is 3.55. The molecule has 2 nitrogen and oxygen atoms in total. The fourth-order valence-electron chi connectivity index (χ4n) is 6.81. The fraction of sp³-hybridized carbons (Fsp3) is 0. The first-order valence-corrected chi connectivity index (χ1v) is 13.8. The van der Waals surface area contributed by atoms with E-state index in [9.17, 15) is 0 Å². The molecule has 0 atom stereocenters. The predicted molar refractivity (Wildman–Crippen MR) is 170 cm³/mol. The molecule has 0 saturated carbocycles. The first kappa shape index (κ1) is 21.6. The van der Waals surface area contributed by atoms with Crippen LogP contribution >= 0.6 is 0 Å². The molecule has 0 unspecified atom stereocenters. The Kier molecular flexibility index (Phi) is 4.36. The van der Waals surface area contributed by atoms with Crippen molar-refractivity contribution in [2.45, 2.75) is 0 Å². The molecule has 186 valence electrons. The number of benzene rings is 7. The summed E-state index contributed by atoms with van der Waals surface area (Å²) in [5, 5.41) is 10.3. The molecular weight excluding hydrogens is 484 g/mol. The van der Waals surface area contributed by atoms with E-state index in [2.05, 4.69) is 155 Å². The van der Waals surface area contributed by atoms with Crippen LogP contribution in [0.4, 0.5) is 0 Å². The number of aromatic nitrogens is 2. The van der Waals surface area contributed by atoms with Gasteiger partial charge in [-0.15, -0.1) is 0 Å². The standard InChI is InChI=1S/C38H24N2/c1-3-14-29-25(10-1)20-22-35-37(29)31-16-5-7-18-33(31)39(35)27-12-9-13-28(24-27)40-34-19-8-6-17-32(34)38-30-15-4-2-11-26(30)21-23-36(38)40/h1-24H. The number of rotatable bonds is 2. The van der Waals surface area contributed by atoms with Gasteiger partial charge in [-0.2, -0.15) is 0 Å². The third kappa shape index (κ3) is 2.88. The van der Waals surface area contributed by atoms with E-state index < -0.39 is 0 Å². The van der Waals surface area contributed by atoms with Gasteiger partial charge < -0.3 is 9.13 Å². The Morgan fingerprint density at radius 2 is 0.725 bits per heavy atom. The summed E-state index contributed by atoms with van der Waals surface area (Å²) in [5.41, 5.74) is 7.21. The maximum Gasteiger partial charge on any atom is 0.0547 e. The summed E-state index contributed by atoms with van der Waals surface area (Å²) < 4.78 is 4.84. The van der Waals surface area contributed by atoms with Crippen LogP contribution in [0.3, 0.4) is 0 Å². The number of nitrogens with zero attached hydrogens (tertiary/aromatic N) is 2. The highest BCUT2D eigenvalue weighted by Crippen LogP contribution is 2.39. The van der Waals surface area contributed by atoms with Crippen molar-refractivity contribution < 1.29 is 0 Å². The van der Waals surface area contributed by atoms with Crippen molar-refractivity contribution in [3.05, 3.63) is 146 Å². The van der Waals surface area contributed by atoms with Crippen molar-refractivity contribution in [1.29, 1.82) is 0 Å². The van der Waals surface area contributed by atoms with Gasteiger partial charge in [-0.05, 0) is 64.0 Å². The van der Waals surface area contributed by atoms with Crippen LogP contribution in [-0.2, 0) is 0 Å². The summed E-state index contributed by atoms with van der Waals surface area (Å²) in [6, 6.07) is 53.0. The topological polar surface area (TPSA) is 9.86 Å². The lowest BCUT2D eigenvalue weighted by Crippen LogP contribution is -1.98. The monoisotopic (exact) mass is 508 g/mol. The second kappa shape index (κ2) is 8.08. The number of hydrogen-bond acceptors (Lipinski definition) is 0. The van der Waals surface area contributed by atoms with Gasteiger partial charge in [0.2, 0.25) is 0 Å². The molecular formula is C38H24N2. The minimum absolute atomic E-state index is 1.16. The molecule has 0 fully saturated rings.